The molecule has 0 atom stereocenters. The fourth-order valence-corrected chi connectivity index (χ4v) is 5.96. The number of benzene rings is 2. The molecule has 1 aliphatic rings. The summed E-state index contributed by atoms with van der Waals surface area (Å²) in [6.45, 7) is 0.230. The molecule has 0 aliphatic heterocycles. The van der Waals surface area contributed by atoms with E-state index in [9.17, 15) is 21.6 Å². The van der Waals surface area contributed by atoms with E-state index in [2.05, 4.69) is 15.1 Å². The van der Waals surface area contributed by atoms with Gasteiger partial charge in [0.25, 0.3) is 0 Å². The Morgan fingerprint density at radius 2 is 1.88 bits per heavy atom. The van der Waals surface area contributed by atoms with Crippen LogP contribution in [0.4, 0.5) is 13.2 Å². The number of nitrogens with zero attached hydrogens (tertiary/aromatic N) is 4. The lowest BCUT2D eigenvalue weighted by Crippen LogP contribution is -2.09. The van der Waals surface area contributed by atoms with Crippen LogP contribution in [-0.2, 0) is 16.0 Å². The molecule has 0 saturated carbocycles. The number of halogens is 3. The number of allylic oxidation sites excluding steroid dienone is 3. The summed E-state index contributed by atoms with van der Waals surface area (Å²) in [4.78, 5) is 8.64. The van der Waals surface area contributed by atoms with Gasteiger partial charge in [-0.15, -0.1) is 11.3 Å². The fraction of sp³-hybridized carbons (Fsp3) is 0.167. The normalized spacial score (nSPS) is 14.3. The highest BCUT2D eigenvalue weighted by Crippen LogP contribution is 2.39. The van der Waals surface area contributed by atoms with Crippen molar-refractivity contribution in [3.8, 4) is 33.1 Å². The Labute approximate surface area is 250 Å². The van der Waals surface area contributed by atoms with Crippen LogP contribution in [0.1, 0.15) is 18.5 Å². The molecule has 4 aromatic rings. The highest BCUT2D eigenvalue weighted by atomic mass is 32.2. The van der Waals surface area contributed by atoms with E-state index in [4.69, 9.17) is 10.5 Å². The molecule has 0 bridgehead atoms. The van der Waals surface area contributed by atoms with E-state index in [1.807, 2.05) is 12.2 Å². The van der Waals surface area contributed by atoms with Gasteiger partial charge in [0.05, 0.1) is 21.8 Å². The highest BCUT2D eigenvalue weighted by molar-refractivity contribution is 7.90. The van der Waals surface area contributed by atoms with Crippen LogP contribution >= 0.6 is 11.3 Å². The van der Waals surface area contributed by atoms with Gasteiger partial charge in [-0.25, -0.2) is 23.1 Å². The molecule has 0 amide bonds. The molecule has 5 rings (SSSR count). The third-order valence-electron chi connectivity index (χ3n) is 6.54. The van der Waals surface area contributed by atoms with Crippen molar-refractivity contribution in [1.82, 2.24) is 9.78 Å². The van der Waals surface area contributed by atoms with Gasteiger partial charge in [-0.2, -0.15) is 18.3 Å². The zero-order chi connectivity index (χ0) is 30.6. The molecule has 8 nitrogen and oxygen atoms in total. The second-order valence-electron chi connectivity index (χ2n) is 9.61. The monoisotopic (exact) mass is 625 g/mol. The minimum Gasteiger partial charge on any atom is -0.487 e. The maximum absolute atomic E-state index is 13.9. The first-order chi connectivity index (χ1) is 20.5. The van der Waals surface area contributed by atoms with Crippen molar-refractivity contribution in [3.63, 3.8) is 0 Å². The Balaban J connectivity index is 1.47. The second-order valence-corrected chi connectivity index (χ2v) is 12.5. The molecule has 13 heteroatoms. The van der Waals surface area contributed by atoms with Gasteiger partial charge in [-0.3, -0.25) is 0 Å². The molecule has 2 aromatic heterocycles. The second kappa shape index (κ2) is 12.4. The minimum absolute atomic E-state index is 0.154. The summed E-state index contributed by atoms with van der Waals surface area (Å²) in [5, 5.41) is 5.71. The number of nitrogens with two attached hydrogens (primary N) is 1. The van der Waals surface area contributed by atoms with Crippen molar-refractivity contribution in [3.05, 3.63) is 95.2 Å². The summed E-state index contributed by atoms with van der Waals surface area (Å²) in [5.74, 6) is 0.365. The van der Waals surface area contributed by atoms with Crippen molar-refractivity contribution in [2.45, 2.75) is 23.9 Å². The first-order valence-corrected chi connectivity index (χ1v) is 15.7. The van der Waals surface area contributed by atoms with E-state index in [1.54, 1.807) is 53.9 Å². The van der Waals surface area contributed by atoms with E-state index in [-0.39, 0.29) is 17.2 Å². The van der Waals surface area contributed by atoms with Crippen LogP contribution < -0.4 is 10.5 Å². The lowest BCUT2D eigenvalue weighted by molar-refractivity contribution is -0.141. The molecule has 2 heterocycles. The molecule has 2 aromatic carbocycles. The van der Waals surface area contributed by atoms with Crippen molar-refractivity contribution in [1.29, 1.82) is 0 Å². The van der Waals surface area contributed by atoms with Crippen molar-refractivity contribution < 1.29 is 26.3 Å². The Morgan fingerprint density at radius 1 is 1.07 bits per heavy atom. The average molecular weight is 626 g/mol. The standard InChI is InChI=1S/C30H26F3N5O3S2/c1-43(39,40)24-6-4-5-21(13-24)22-14-28(42-17-22)26-15-29(30(31,32)33)37-38(26)25-7-2-3-8-27(25)41-16-20-9-11-23(12-10-20)36-19-35-18-34/h2-9,11,13-15,17-19H,10,12,16H2,1H3,(H2,34,35,36). The number of ether oxygens (including phenoxy) is 1. The molecule has 1 aliphatic carbocycles. The smallest absolute Gasteiger partial charge is 0.435 e. The topological polar surface area (TPSA) is 112 Å². The predicted molar refractivity (Wildman–Crippen MR) is 162 cm³/mol. The minimum atomic E-state index is -4.67. The van der Waals surface area contributed by atoms with Crippen LogP contribution in [-0.4, -0.2) is 43.7 Å². The number of alkyl halides is 3. The van der Waals surface area contributed by atoms with Crippen LogP contribution in [0, 0.1) is 0 Å². The summed E-state index contributed by atoms with van der Waals surface area (Å²) in [7, 11) is -3.43. The van der Waals surface area contributed by atoms with Gasteiger partial charge in [0.2, 0.25) is 0 Å². The van der Waals surface area contributed by atoms with Crippen molar-refractivity contribution in [2.75, 3.05) is 12.9 Å². The van der Waals surface area contributed by atoms with Crippen molar-refractivity contribution >= 4 is 33.9 Å². The summed E-state index contributed by atoms with van der Waals surface area (Å²) in [6.07, 6.45) is 4.11. The molecule has 0 saturated heterocycles. The Kier molecular flexibility index (Phi) is 8.64. The van der Waals surface area contributed by atoms with Crippen LogP contribution in [0.25, 0.3) is 27.4 Å². The predicted octanol–water partition coefficient (Wildman–Crippen LogP) is 6.69. The number of rotatable bonds is 9. The summed E-state index contributed by atoms with van der Waals surface area (Å²) in [5.41, 5.74) is 7.88. The summed E-state index contributed by atoms with van der Waals surface area (Å²) in [6, 6.07) is 15.9. The number of thiophene rings is 1. The molecule has 0 fully saturated rings. The third kappa shape index (κ3) is 7.12. The van der Waals surface area contributed by atoms with Gasteiger partial charge in [-0.1, -0.05) is 30.3 Å². The zero-order valence-electron chi connectivity index (χ0n) is 22.8. The number of para-hydroxylation sites is 2. The van der Waals surface area contributed by atoms with E-state index in [0.717, 1.165) is 29.9 Å². The summed E-state index contributed by atoms with van der Waals surface area (Å²) >= 11 is 1.23. The van der Waals surface area contributed by atoms with Gasteiger partial charge in [-0.05, 0) is 77.4 Å². The zero-order valence-corrected chi connectivity index (χ0v) is 24.5. The highest BCUT2D eigenvalue weighted by Gasteiger charge is 2.36. The first-order valence-electron chi connectivity index (χ1n) is 13.0. The maximum atomic E-state index is 13.9. The van der Waals surface area contributed by atoms with Gasteiger partial charge >= 0.3 is 6.18 Å². The number of aliphatic imine (C=N–C) groups is 2. The Morgan fingerprint density at radius 3 is 2.60 bits per heavy atom. The molecular weight excluding hydrogens is 599 g/mol. The van der Waals surface area contributed by atoms with E-state index >= 15 is 0 Å². The molecule has 43 heavy (non-hydrogen) atoms. The third-order valence-corrected chi connectivity index (χ3v) is 8.61. The first kappa shape index (κ1) is 30.0. The Bertz CT molecular complexity index is 1870. The Hall–Kier alpha value is -4.49. The van der Waals surface area contributed by atoms with Gasteiger partial charge in [0.1, 0.15) is 24.4 Å². The fourth-order valence-electron chi connectivity index (χ4n) is 4.37. The van der Waals surface area contributed by atoms with Gasteiger partial charge in [0, 0.05) is 12.0 Å². The average Bonchev–Trinajstić information content (AvgIpc) is 3.65. The van der Waals surface area contributed by atoms with Gasteiger partial charge < -0.3 is 10.5 Å². The van der Waals surface area contributed by atoms with E-state index in [0.29, 0.717) is 40.3 Å². The molecule has 2 N–H and O–H groups in total. The summed E-state index contributed by atoms with van der Waals surface area (Å²) < 4.78 is 73.0. The van der Waals surface area contributed by atoms with Crippen molar-refractivity contribution in [2.24, 2.45) is 15.7 Å². The van der Waals surface area contributed by atoms with E-state index < -0.39 is 21.7 Å². The number of sulfone groups is 1. The van der Waals surface area contributed by atoms with Crippen LogP contribution in [0.3, 0.4) is 0 Å². The SMILES string of the molecule is CS(=O)(=O)c1cccc(-c2csc(-c3cc(C(F)(F)F)nn3-c3ccccc3OCC3=CC=C(N=CN=CN)CC3)c2)c1. The largest absolute Gasteiger partial charge is 0.487 e. The molecular formula is C30H26F3N5O3S2. The molecule has 0 spiro atoms. The van der Waals surface area contributed by atoms with Gasteiger partial charge in [0.15, 0.2) is 15.5 Å². The molecule has 0 radical (unpaired) electrons. The van der Waals surface area contributed by atoms with Crippen LogP contribution in [0.5, 0.6) is 5.75 Å². The lowest BCUT2D eigenvalue weighted by Gasteiger charge is -2.16. The maximum Gasteiger partial charge on any atom is 0.435 e. The lowest BCUT2D eigenvalue weighted by atomic mass is 10.0. The molecule has 0 unspecified atom stereocenters. The van der Waals surface area contributed by atoms with Crippen LogP contribution in [0.2, 0.25) is 0 Å². The van der Waals surface area contributed by atoms with Crippen LogP contribution in [0.15, 0.2) is 104 Å². The number of hydrogen-bond donors (Lipinski definition) is 1. The number of aromatic nitrogens is 2. The number of hydrogen-bond acceptors (Lipinski definition) is 6. The molecule has 222 valence electrons. The van der Waals surface area contributed by atoms with E-state index in [1.165, 1.54) is 28.4 Å². The quantitative estimate of drug-likeness (QED) is 0.165.